The molecule has 1 N–H and O–H groups in total. The second-order valence-electron chi connectivity index (χ2n) is 5.35. The molecule has 1 aromatic rings. The molecular weight excluding hydrogens is 306 g/mol. The van der Waals surface area contributed by atoms with E-state index in [0.29, 0.717) is 30.8 Å². The van der Waals surface area contributed by atoms with Gasteiger partial charge in [-0.3, -0.25) is 14.5 Å². The van der Waals surface area contributed by atoms with Crippen molar-refractivity contribution in [3.8, 4) is 5.75 Å². The van der Waals surface area contributed by atoms with Crippen molar-refractivity contribution in [1.29, 1.82) is 0 Å². The summed E-state index contributed by atoms with van der Waals surface area (Å²) >= 11 is 0. The van der Waals surface area contributed by atoms with Crippen LogP contribution in [0.1, 0.15) is 30.1 Å². The Balaban J connectivity index is 0.00000242. The van der Waals surface area contributed by atoms with Crippen molar-refractivity contribution >= 4 is 24.2 Å². The molecule has 22 heavy (non-hydrogen) atoms. The van der Waals surface area contributed by atoms with E-state index in [1.54, 1.807) is 12.1 Å². The van der Waals surface area contributed by atoms with Crippen molar-refractivity contribution in [3.05, 3.63) is 29.8 Å². The standard InChI is InChI=1S/C16H21NO4.ClH/c1-12(18)14-4-2-3-5-15(14)21-11-10-17-8-6-13(7-9-17)16(19)20;/h2-5,13H,6-11H2,1H3,(H,19,20);1H. The number of carboxylic acids is 1. The number of hydrogen-bond donors (Lipinski definition) is 1. The molecule has 1 aliphatic heterocycles. The molecule has 0 atom stereocenters. The molecule has 0 radical (unpaired) electrons. The molecule has 5 nitrogen and oxygen atoms in total. The minimum absolute atomic E-state index is 0. The van der Waals surface area contributed by atoms with Gasteiger partial charge in [0.1, 0.15) is 12.4 Å². The van der Waals surface area contributed by atoms with E-state index in [1.165, 1.54) is 6.92 Å². The summed E-state index contributed by atoms with van der Waals surface area (Å²) in [6, 6.07) is 7.23. The van der Waals surface area contributed by atoms with Gasteiger partial charge in [-0.2, -0.15) is 0 Å². The highest BCUT2D eigenvalue weighted by Gasteiger charge is 2.24. The number of carbonyl (C=O) groups is 2. The number of ketones is 1. The molecule has 122 valence electrons. The van der Waals surface area contributed by atoms with E-state index in [0.717, 1.165) is 19.6 Å². The first-order valence-electron chi connectivity index (χ1n) is 7.26. The summed E-state index contributed by atoms with van der Waals surface area (Å²) in [5.74, 6) is -0.291. The molecular formula is C16H22ClNO4. The molecule has 1 fully saturated rings. The molecule has 2 rings (SSSR count). The lowest BCUT2D eigenvalue weighted by Crippen LogP contribution is -2.38. The van der Waals surface area contributed by atoms with Crippen LogP contribution in [-0.2, 0) is 4.79 Å². The van der Waals surface area contributed by atoms with Gasteiger partial charge in [0.2, 0.25) is 0 Å². The van der Waals surface area contributed by atoms with Gasteiger partial charge in [-0.25, -0.2) is 0 Å². The van der Waals surface area contributed by atoms with E-state index in [-0.39, 0.29) is 24.1 Å². The molecule has 0 unspecified atom stereocenters. The minimum Gasteiger partial charge on any atom is -0.491 e. The normalized spacial score (nSPS) is 15.9. The Kier molecular flexibility index (Phi) is 7.35. The smallest absolute Gasteiger partial charge is 0.306 e. The summed E-state index contributed by atoms with van der Waals surface area (Å²) in [6.07, 6.45) is 1.39. The topological polar surface area (TPSA) is 66.8 Å². The maximum absolute atomic E-state index is 11.5. The number of ether oxygens (including phenoxy) is 1. The van der Waals surface area contributed by atoms with Crippen molar-refractivity contribution in [3.63, 3.8) is 0 Å². The van der Waals surface area contributed by atoms with Gasteiger partial charge in [-0.05, 0) is 45.0 Å². The Hall–Kier alpha value is -1.59. The van der Waals surface area contributed by atoms with Crippen molar-refractivity contribution in [2.24, 2.45) is 5.92 Å². The predicted octanol–water partition coefficient (Wildman–Crippen LogP) is 2.49. The van der Waals surface area contributed by atoms with Gasteiger partial charge in [0, 0.05) is 6.54 Å². The summed E-state index contributed by atoms with van der Waals surface area (Å²) < 4.78 is 5.70. The van der Waals surface area contributed by atoms with Crippen molar-refractivity contribution in [2.75, 3.05) is 26.2 Å². The fraction of sp³-hybridized carbons (Fsp3) is 0.500. The first kappa shape index (κ1) is 18.5. The molecule has 1 heterocycles. The third-order valence-corrected chi connectivity index (χ3v) is 3.87. The molecule has 0 aliphatic carbocycles. The Morgan fingerprint density at radius 2 is 1.91 bits per heavy atom. The van der Waals surface area contributed by atoms with Gasteiger partial charge in [-0.1, -0.05) is 12.1 Å². The summed E-state index contributed by atoms with van der Waals surface area (Å²) in [5.41, 5.74) is 0.599. The first-order chi connectivity index (χ1) is 10.1. The highest BCUT2D eigenvalue weighted by molar-refractivity contribution is 5.96. The number of carboxylic acid groups (broad SMARTS) is 1. The molecule has 0 bridgehead atoms. The van der Waals surface area contributed by atoms with E-state index in [2.05, 4.69) is 4.90 Å². The zero-order chi connectivity index (χ0) is 15.2. The number of nitrogens with zero attached hydrogens (tertiary/aromatic N) is 1. The van der Waals surface area contributed by atoms with Crippen LogP contribution in [0.3, 0.4) is 0 Å². The summed E-state index contributed by atoms with van der Waals surface area (Å²) in [6.45, 7) is 4.35. The lowest BCUT2D eigenvalue weighted by atomic mass is 9.97. The third kappa shape index (κ3) is 5.00. The van der Waals surface area contributed by atoms with Crippen LogP contribution in [-0.4, -0.2) is 48.0 Å². The number of aliphatic carboxylic acids is 1. The number of halogens is 1. The number of piperidine rings is 1. The lowest BCUT2D eigenvalue weighted by molar-refractivity contribution is -0.143. The van der Waals surface area contributed by atoms with E-state index >= 15 is 0 Å². The average Bonchev–Trinajstić information content (AvgIpc) is 2.48. The zero-order valence-corrected chi connectivity index (χ0v) is 13.5. The van der Waals surface area contributed by atoms with Gasteiger partial charge in [-0.15, -0.1) is 12.4 Å². The molecule has 1 aromatic carbocycles. The summed E-state index contributed by atoms with van der Waals surface area (Å²) in [7, 11) is 0. The maximum Gasteiger partial charge on any atom is 0.306 e. The van der Waals surface area contributed by atoms with Gasteiger partial charge < -0.3 is 9.84 Å². The van der Waals surface area contributed by atoms with E-state index in [4.69, 9.17) is 9.84 Å². The number of carbonyl (C=O) groups excluding carboxylic acids is 1. The van der Waals surface area contributed by atoms with Crippen LogP contribution in [0.25, 0.3) is 0 Å². The van der Waals surface area contributed by atoms with Crippen LogP contribution in [0, 0.1) is 5.92 Å². The number of rotatable bonds is 6. The molecule has 0 spiro atoms. The lowest BCUT2D eigenvalue weighted by Gasteiger charge is -2.29. The molecule has 1 saturated heterocycles. The number of para-hydroxylation sites is 1. The van der Waals surface area contributed by atoms with Crippen LogP contribution in [0.5, 0.6) is 5.75 Å². The summed E-state index contributed by atoms with van der Waals surface area (Å²) in [4.78, 5) is 24.6. The number of benzene rings is 1. The fourth-order valence-corrected chi connectivity index (χ4v) is 2.57. The van der Waals surface area contributed by atoms with Gasteiger partial charge in [0.15, 0.2) is 5.78 Å². The molecule has 6 heteroatoms. The van der Waals surface area contributed by atoms with Crippen LogP contribution in [0.4, 0.5) is 0 Å². The van der Waals surface area contributed by atoms with Crippen LogP contribution in [0.15, 0.2) is 24.3 Å². The number of hydrogen-bond acceptors (Lipinski definition) is 4. The zero-order valence-electron chi connectivity index (χ0n) is 12.7. The minimum atomic E-state index is -0.693. The van der Waals surface area contributed by atoms with Crippen LogP contribution >= 0.6 is 12.4 Å². The Morgan fingerprint density at radius 1 is 1.27 bits per heavy atom. The van der Waals surface area contributed by atoms with E-state index < -0.39 is 5.97 Å². The first-order valence-corrected chi connectivity index (χ1v) is 7.26. The van der Waals surface area contributed by atoms with Crippen molar-refractivity contribution in [2.45, 2.75) is 19.8 Å². The number of Topliss-reactive ketones (excluding diaryl/α,β-unsaturated/α-hetero) is 1. The van der Waals surface area contributed by atoms with E-state index in [1.807, 2.05) is 12.1 Å². The molecule has 0 aromatic heterocycles. The Morgan fingerprint density at radius 3 is 2.50 bits per heavy atom. The monoisotopic (exact) mass is 327 g/mol. The summed E-state index contributed by atoms with van der Waals surface area (Å²) in [5, 5.41) is 8.96. The number of likely N-dealkylation sites (tertiary alicyclic amines) is 1. The Bertz CT molecular complexity index is 513. The SMILES string of the molecule is CC(=O)c1ccccc1OCCN1CCC(C(=O)O)CC1.Cl. The second-order valence-corrected chi connectivity index (χ2v) is 5.35. The van der Waals surface area contributed by atoms with Crippen LogP contribution in [0.2, 0.25) is 0 Å². The van der Waals surface area contributed by atoms with Crippen molar-refractivity contribution < 1.29 is 19.4 Å². The molecule has 0 amide bonds. The van der Waals surface area contributed by atoms with Gasteiger partial charge >= 0.3 is 5.97 Å². The average molecular weight is 328 g/mol. The highest BCUT2D eigenvalue weighted by atomic mass is 35.5. The van der Waals surface area contributed by atoms with Gasteiger partial charge in [0.25, 0.3) is 0 Å². The predicted molar refractivity (Wildman–Crippen MR) is 86.0 cm³/mol. The maximum atomic E-state index is 11.5. The quantitative estimate of drug-likeness (QED) is 0.813. The molecule has 1 aliphatic rings. The largest absolute Gasteiger partial charge is 0.491 e. The second kappa shape index (κ2) is 8.76. The fourth-order valence-electron chi connectivity index (χ4n) is 2.57. The Labute approximate surface area is 136 Å². The van der Waals surface area contributed by atoms with Crippen LogP contribution < -0.4 is 4.74 Å². The van der Waals surface area contributed by atoms with Crippen molar-refractivity contribution in [1.82, 2.24) is 4.90 Å². The van der Waals surface area contributed by atoms with E-state index in [9.17, 15) is 9.59 Å². The van der Waals surface area contributed by atoms with Gasteiger partial charge in [0.05, 0.1) is 11.5 Å². The highest BCUT2D eigenvalue weighted by Crippen LogP contribution is 2.19. The third-order valence-electron chi connectivity index (χ3n) is 3.87. The molecule has 0 saturated carbocycles.